The lowest BCUT2D eigenvalue weighted by molar-refractivity contribution is 0.600. The molecule has 0 bridgehead atoms. The molecule has 8 nitrogen and oxygen atoms in total. The molecule has 22 heavy (non-hydrogen) atoms. The summed E-state index contributed by atoms with van der Waals surface area (Å²) in [5, 5.41) is 14.5. The molecule has 0 aliphatic heterocycles. The molecular weight excluding hydrogens is 304 g/mol. The van der Waals surface area contributed by atoms with Gasteiger partial charge in [0.25, 0.3) is 10.0 Å². The van der Waals surface area contributed by atoms with Gasteiger partial charge in [-0.1, -0.05) is 0 Å². The van der Waals surface area contributed by atoms with Crippen LogP contribution < -0.4 is 9.62 Å². The van der Waals surface area contributed by atoms with Gasteiger partial charge in [0.1, 0.15) is 4.90 Å². The summed E-state index contributed by atoms with van der Waals surface area (Å²) in [7, 11) is -3.74. The zero-order valence-electron chi connectivity index (χ0n) is 13.1. The first kappa shape index (κ1) is 16.2. The summed E-state index contributed by atoms with van der Waals surface area (Å²) in [6.07, 6.45) is 0. The van der Waals surface area contributed by atoms with Crippen LogP contribution in [0.3, 0.4) is 0 Å². The maximum absolute atomic E-state index is 12.4. The average Bonchev–Trinajstić information content (AvgIpc) is 2.81. The van der Waals surface area contributed by atoms with Crippen LogP contribution >= 0.6 is 0 Å². The first-order valence-electron chi connectivity index (χ1n) is 7.02. The Kier molecular flexibility index (Phi) is 4.65. The van der Waals surface area contributed by atoms with Crippen LogP contribution in [0.1, 0.15) is 25.2 Å². The third-order valence-corrected chi connectivity index (χ3v) is 4.92. The van der Waals surface area contributed by atoms with Crippen LogP contribution in [-0.2, 0) is 10.0 Å². The Balaban J connectivity index is 2.24. The standard InChI is InChI=1S/C13H20N6O2S/c1-5-19(6-2)12-8-7-11(16-17-12)18-22(20,21)13-9(3)14-15-10(13)4/h7-8H,5-6H2,1-4H3,(H,14,15)(H,16,18). The molecule has 0 saturated heterocycles. The second-order valence-corrected chi connectivity index (χ2v) is 6.44. The van der Waals surface area contributed by atoms with Gasteiger partial charge in [0.05, 0.1) is 11.4 Å². The molecule has 0 aliphatic carbocycles. The Labute approximate surface area is 130 Å². The van der Waals surface area contributed by atoms with E-state index in [1.54, 1.807) is 26.0 Å². The van der Waals surface area contributed by atoms with E-state index in [4.69, 9.17) is 0 Å². The number of aromatic amines is 1. The number of aromatic nitrogens is 4. The SMILES string of the molecule is CCN(CC)c1ccc(NS(=O)(=O)c2c(C)n[nH]c2C)nn1. The molecule has 120 valence electrons. The van der Waals surface area contributed by atoms with Crippen LogP contribution in [0.2, 0.25) is 0 Å². The molecule has 2 rings (SSSR count). The molecule has 2 heterocycles. The van der Waals surface area contributed by atoms with Gasteiger partial charge in [-0.05, 0) is 39.8 Å². The summed E-state index contributed by atoms with van der Waals surface area (Å²) in [5.74, 6) is 0.888. The summed E-state index contributed by atoms with van der Waals surface area (Å²) in [4.78, 5) is 2.16. The van der Waals surface area contributed by atoms with Gasteiger partial charge in [0.15, 0.2) is 11.6 Å². The zero-order chi connectivity index (χ0) is 16.3. The Bertz CT molecular complexity index is 715. The monoisotopic (exact) mass is 324 g/mol. The van der Waals surface area contributed by atoms with Gasteiger partial charge in [-0.25, -0.2) is 8.42 Å². The van der Waals surface area contributed by atoms with Crippen molar-refractivity contribution in [2.24, 2.45) is 0 Å². The molecule has 0 spiro atoms. The maximum atomic E-state index is 12.4. The largest absolute Gasteiger partial charge is 0.356 e. The predicted octanol–water partition coefficient (Wildman–Crippen LogP) is 1.46. The highest BCUT2D eigenvalue weighted by Crippen LogP contribution is 2.20. The fourth-order valence-corrected chi connectivity index (χ4v) is 3.59. The van der Waals surface area contributed by atoms with Crippen molar-refractivity contribution in [3.8, 4) is 0 Å². The highest BCUT2D eigenvalue weighted by atomic mass is 32.2. The summed E-state index contributed by atoms with van der Waals surface area (Å²) in [5.41, 5.74) is 0.899. The third-order valence-electron chi connectivity index (χ3n) is 3.31. The number of rotatable bonds is 6. The van der Waals surface area contributed by atoms with Gasteiger partial charge < -0.3 is 4.90 Å². The zero-order valence-corrected chi connectivity index (χ0v) is 13.9. The highest BCUT2D eigenvalue weighted by molar-refractivity contribution is 7.92. The molecule has 0 radical (unpaired) electrons. The number of hydrogen-bond donors (Lipinski definition) is 2. The van der Waals surface area contributed by atoms with Crippen molar-refractivity contribution in [1.29, 1.82) is 0 Å². The molecular formula is C13H20N6O2S. The molecule has 2 aromatic rings. The molecule has 9 heteroatoms. The van der Waals surface area contributed by atoms with Crippen molar-refractivity contribution >= 4 is 21.7 Å². The van der Waals surface area contributed by atoms with Crippen molar-refractivity contribution < 1.29 is 8.42 Å². The normalized spacial score (nSPS) is 11.5. The van der Waals surface area contributed by atoms with Crippen molar-refractivity contribution in [2.75, 3.05) is 22.7 Å². The summed E-state index contributed by atoms with van der Waals surface area (Å²) in [6, 6.07) is 3.34. The van der Waals surface area contributed by atoms with E-state index in [1.165, 1.54) is 0 Å². The fourth-order valence-electron chi connectivity index (χ4n) is 2.22. The summed E-state index contributed by atoms with van der Waals surface area (Å²) in [6.45, 7) is 8.95. The van der Waals surface area contributed by atoms with Gasteiger partial charge in [0, 0.05) is 13.1 Å². The Morgan fingerprint density at radius 3 is 2.32 bits per heavy atom. The van der Waals surface area contributed by atoms with Crippen LogP contribution in [0, 0.1) is 13.8 Å². The van der Waals surface area contributed by atoms with Gasteiger partial charge in [0.2, 0.25) is 0 Å². The molecule has 0 unspecified atom stereocenters. The van der Waals surface area contributed by atoms with Gasteiger partial charge in [-0.3, -0.25) is 9.82 Å². The van der Waals surface area contributed by atoms with Crippen molar-refractivity contribution in [3.63, 3.8) is 0 Å². The number of sulfonamides is 1. The number of nitrogens with one attached hydrogen (secondary N) is 2. The Hall–Kier alpha value is -2.16. The topological polar surface area (TPSA) is 104 Å². The molecule has 2 N–H and O–H groups in total. The molecule has 0 aromatic carbocycles. The van der Waals surface area contributed by atoms with Crippen molar-refractivity contribution in [2.45, 2.75) is 32.6 Å². The molecule has 0 amide bonds. The molecule has 2 aromatic heterocycles. The minimum absolute atomic E-state index is 0.141. The van der Waals surface area contributed by atoms with Crippen LogP contribution in [0.15, 0.2) is 17.0 Å². The van der Waals surface area contributed by atoms with Crippen LogP contribution in [0.4, 0.5) is 11.6 Å². The lowest BCUT2D eigenvalue weighted by Gasteiger charge is -2.18. The smallest absolute Gasteiger partial charge is 0.266 e. The van der Waals surface area contributed by atoms with E-state index >= 15 is 0 Å². The predicted molar refractivity (Wildman–Crippen MR) is 84.5 cm³/mol. The molecule has 0 saturated carbocycles. The lowest BCUT2D eigenvalue weighted by Crippen LogP contribution is -2.23. The minimum atomic E-state index is -3.74. The first-order valence-corrected chi connectivity index (χ1v) is 8.50. The van der Waals surface area contributed by atoms with E-state index in [9.17, 15) is 8.42 Å². The minimum Gasteiger partial charge on any atom is -0.356 e. The van der Waals surface area contributed by atoms with E-state index < -0.39 is 10.0 Å². The van der Waals surface area contributed by atoms with Crippen molar-refractivity contribution in [1.82, 2.24) is 20.4 Å². The Morgan fingerprint density at radius 2 is 1.86 bits per heavy atom. The number of hydrogen-bond acceptors (Lipinski definition) is 6. The quantitative estimate of drug-likeness (QED) is 0.834. The van der Waals surface area contributed by atoms with Crippen LogP contribution in [0.5, 0.6) is 0 Å². The number of H-pyrrole nitrogens is 1. The molecule has 0 aliphatic rings. The van der Waals surface area contributed by atoms with Crippen molar-refractivity contribution in [3.05, 3.63) is 23.5 Å². The van der Waals surface area contributed by atoms with Gasteiger partial charge in [-0.15, -0.1) is 10.2 Å². The average molecular weight is 324 g/mol. The Morgan fingerprint density at radius 1 is 1.18 bits per heavy atom. The number of aryl methyl sites for hydroxylation is 2. The second-order valence-electron chi connectivity index (χ2n) is 4.82. The first-order chi connectivity index (χ1) is 10.4. The second kappa shape index (κ2) is 6.30. The summed E-state index contributed by atoms with van der Waals surface area (Å²) >= 11 is 0. The summed E-state index contributed by atoms with van der Waals surface area (Å²) < 4.78 is 27.2. The highest BCUT2D eigenvalue weighted by Gasteiger charge is 2.23. The molecule has 0 atom stereocenters. The van der Waals surface area contributed by atoms with E-state index in [0.29, 0.717) is 17.2 Å². The van der Waals surface area contributed by atoms with E-state index in [1.807, 2.05) is 18.7 Å². The van der Waals surface area contributed by atoms with E-state index in [-0.39, 0.29) is 10.7 Å². The molecule has 0 fully saturated rings. The third kappa shape index (κ3) is 3.19. The van der Waals surface area contributed by atoms with Crippen LogP contribution in [-0.4, -0.2) is 41.9 Å². The number of anilines is 2. The van der Waals surface area contributed by atoms with Gasteiger partial charge >= 0.3 is 0 Å². The number of nitrogens with zero attached hydrogens (tertiary/aromatic N) is 4. The fraction of sp³-hybridized carbons (Fsp3) is 0.462. The van der Waals surface area contributed by atoms with Crippen LogP contribution in [0.25, 0.3) is 0 Å². The van der Waals surface area contributed by atoms with Gasteiger partial charge in [-0.2, -0.15) is 5.10 Å². The van der Waals surface area contributed by atoms with E-state index in [2.05, 4.69) is 25.1 Å². The van der Waals surface area contributed by atoms with E-state index in [0.717, 1.165) is 13.1 Å². The maximum Gasteiger partial charge on any atom is 0.266 e. The lowest BCUT2D eigenvalue weighted by atomic mass is 10.4.